The van der Waals surface area contributed by atoms with Crippen molar-refractivity contribution in [2.75, 3.05) is 14.2 Å². The van der Waals surface area contributed by atoms with Gasteiger partial charge in [0.2, 0.25) is 0 Å². The molecule has 1 rings (SSSR count). The number of ketones is 1. The third-order valence-corrected chi connectivity index (χ3v) is 2.09. The minimum Gasteiger partial charge on any atom is -0.496 e. The summed E-state index contributed by atoms with van der Waals surface area (Å²) in [6.45, 7) is 0. The molecule has 5 nitrogen and oxygen atoms in total. The van der Waals surface area contributed by atoms with E-state index in [9.17, 15) is 9.59 Å². The molecule has 0 N–H and O–H groups in total. The first-order valence-corrected chi connectivity index (χ1v) is 4.75. The van der Waals surface area contributed by atoms with Crippen molar-refractivity contribution < 1.29 is 19.1 Å². The Labute approximate surface area is 97.3 Å². The van der Waals surface area contributed by atoms with Gasteiger partial charge in [-0.25, -0.2) is 4.98 Å². The van der Waals surface area contributed by atoms with Gasteiger partial charge in [0.15, 0.2) is 5.78 Å². The summed E-state index contributed by atoms with van der Waals surface area (Å²) >= 11 is 5.64. The Hall–Kier alpha value is -1.62. The number of methoxy groups -OCH3 is 2. The van der Waals surface area contributed by atoms with Crippen molar-refractivity contribution in [1.29, 1.82) is 0 Å². The number of esters is 1. The second kappa shape index (κ2) is 5.46. The molecule has 0 aliphatic carbocycles. The van der Waals surface area contributed by atoms with E-state index in [0.717, 1.165) is 0 Å². The molecule has 0 aliphatic rings. The molecule has 1 aromatic heterocycles. The largest absolute Gasteiger partial charge is 0.496 e. The summed E-state index contributed by atoms with van der Waals surface area (Å²) in [6, 6.07) is 1.41. The molecule has 0 saturated carbocycles. The van der Waals surface area contributed by atoms with E-state index in [1.165, 1.54) is 26.5 Å². The van der Waals surface area contributed by atoms with Gasteiger partial charge in [0, 0.05) is 12.3 Å². The highest BCUT2D eigenvalue weighted by molar-refractivity contribution is 6.29. The highest BCUT2D eigenvalue weighted by Crippen LogP contribution is 2.22. The van der Waals surface area contributed by atoms with Gasteiger partial charge in [-0.15, -0.1) is 0 Å². The number of nitrogens with zero attached hydrogens (tertiary/aromatic N) is 1. The first-order chi connectivity index (χ1) is 7.58. The average molecular weight is 244 g/mol. The summed E-state index contributed by atoms with van der Waals surface area (Å²) in [4.78, 5) is 26.3. The third kappa shape index (κ3) is 2.93. The maximum atomic E-state index is 11.6. The molecule has 16 heavy (non-hydrogen) atoms. The van der Waals surface area contributed by atoms with Crippen LogP contribution in [0, 0.1) is 0 Å². The lowest BCUT2D eigenvalue weighted by Crippen LogP contribution is -2.11. The van der Waals surface area contributed by atoms with Gasteiger partial charge >= 0.3 is 5.97 Å². The standard InChI is InChI=1S/C10H10ClNO4/c1-15-8-4-9(11)12-5-6(8)7(13)3-10(14)16-2/h4-5H,3H2,1-2H3. The Morgan fingerprint density at radius 2 is 2.12 bits per heavy atom. The van der Waals surface area contributed by atoms with Gasteiger partial charge in [0.1, 0.15) is 17.3 Å². The molecule has 86 valence electrons. The molecular formula is C10H10ClNO4. The predicted octanol–water partition coefficient (Wildman–Crippen LogP) is 1.49. The van der Waals surface area contributed by atoms with Crippen LogP contribution in [-0.4, -0.2) is 31.0 Å². The van der Waals surface area contributed by atoms with Crippen molar-refractivity contribution >= 4 is 23.4 Å². The number of rotatable bonds is 4. The number of hydrogen-bond donors (Lipinski definition) is 0. The molecule has 0 saturated heterocycles. The van der Waals surface area contributed by atoms with Gasteiger partial charge in [-0.05, 0) is 0 Å². The first kappa shape index (κ1) is 12.4. The quantitative estimate of drug-likeness (QED) is 0.347. The number of hydrogen-bond acceptors (Lipinski definition) is 5. The molecule has 0 atom stereocenters. The second-order valence-electron chi connectivity index (χ2n) is 2.88. The van der Waals surface area contributed by atoms with Gasteiger partial charge in [0.05, 0.1) is 19.8 Å². The van der Waals surface area contributed by atoms with Gasteiger partial charge in [-0.2, -0.15) is 0 Å². The lowest BCUT2D eigenvalue weighted by atomic mass is 10.1. The molecule has 6 heteroatoms. The Morgan fingerprint density at radius 1 is 1.44 bits per heavy atom. The minimum atomic E-state index is -0.609. The van der Waals surface area contributed by atoms with E-state index >= 15 is 0 Å². The van der Waals surface area contributed by atoms with Crippen LogP contribution in [0.5, 0.6) is 5.75 Å². The fourth-order valence-corrected chi connectivity index (χ4v) is 1.24. The van der Waals surface area contributed by atoms with Crippen LogP contribution < -0.4 is 4.74 Å². The maximum Gasteiger partial charge on any atom is 0.313 e. The average Bonchev–Trinajstić information content (AvgIpc) is 2.28. The van der Waals surface area contributed by atoms with Gasteiger partial charge in [-0.1, -0.05) is 11.6 Å². The van der Waals surface area contributed by atoms with E-state index in [1.54, 1.807) is 0 Å². The van der Waals surface area contributed by atoms with Crippen molar-refractivity contribution in [3.63, 3.8) is 0 Å². The molecule has 0 amide bonds. The summed E-state index contributed by atoms with van der Waals surface area (Å²) < 4.78 is 9.36. The first-order valence-electron chi connectivity index (χ1n) is 4.38. The van der Waals surface area contributed by atoms with Crippen molar-refractivity contribution in [2.24, 2.45) is 0 Å². The van der Waals surface area contributed by atoms with Crippen molar-refractivity contribution in [2.45, 2.75) is 6.42 Å². The van der Waals surface area contributed by atoms with Crippen LogP contribution in [0.25, 0.3) is 0 Å². The zero-order valence-electron chi connectivity index (χ0n) is 8.82. The van der Waals surface area contributed by atoms with Crippen LogP contribution in [-0.2, 0) is 9.53 Å². The number of carbonyl (C=O) groups excluding carboxylic acids is 2. The van der Waals surface area contributed by atoms with Crippen LogP contribution in [0.4, 0.5) is 0 Å². The van der Waals surface area contributed by atoms with E-state index in [0.29, 0.717) is 0 Å². The molecule has 0 aliphatic heterocycles. The Kier molecular flexibility index (Phi) is 4.25. The van der Waals surface area contributed by atoms with Crippen LogP contribution >= 0.6 is 11.6 Å². The molecule has 0 spiro atoms. The number of ether oxygens (including phenoxy) is 2. The van der Waals surface area contributed by atoms with Gasteiger partial charge in [0.25, 0.3) is 0 Å². The second-order valence-corrected chi connectivity index (χ2v) is 3.27. The lowest BCUT2D eigenvalue weighted by Gasteiger charge is -2.06. The fraction of sp³-hybridized carbons (Fsp3) is 0.300. The molecule has 0 radical (unpaired) electrons. The number of halogens is 1. The van der Waals surface area contributed by atoms with E-state index in [1.807, 2.05) is 0 Å². The van der Waals surface area contributed by atoms with Crippen molar-refractivity contribution in [3.05, 3.63) is 23.0 Å². The number of Topliss-reactive ketones (excluding diaryl/α,β-unsaturated/α-hetero) is 1. The zero-order valence-corrected chi connectivity index (χ0v) is 9.58. The number of carbonyl (C=O) groups is 2. The molecular weight excluding hydrogens is 234 g/mol. The third-order valence-electron chi connectivity index (χ3n) is 1.89. The molecule has 1 aromatic rings. The van der Waals surface area contributed by atoms with E-state index in [2.05, 4.69) is 9.72 Å². The van der Waals surface area contributed by atoms with E-state index < -0.39 is 11.8 Å². The monoisotopic (exact) mass is 243 g/mol. The Morgan fingerprint density at radius 3 is 2.69 bits per heavy atom. The lowest BCUT2D eigenvalue weighted by molar-refractivity contribution is -0.139. The Bertz CT molecular complexity index is 419. The highest BCUT2D eigenvalue weighted by Gasteiger charge is 2.17. The predicted molar refractivity (Wildman–Crippen MR) is 56.8 cm³/mol. The van der Waals surface area contributed by atoms with Gasteiger partial charge < -0.3 is 9.47 Å². The van der Waals surface area contributed by atoms with E-state index in [4.69, 9.17) is 16.3 Å². The van der Waals surface area contributed by atoms with Crippen molar-refractivity contribution in [3.8, 4) is 5.75 Å². The fourth-order valence-electron chi connectivity index (χ4n) is 1.09. The van der Waals surface area contributed by atoms with Crippen LogP contribution in [0.3, 0.4) is 0 Å². The summed E-state index contributed by atoms with van der Waals surface area (Å²) in [5, 5.41) is 0.214. The highest BCUT2D eigenvalue weighted by atomic mass is 35.5. The topological polar surface area (TPSA) is 65.5 Å². The Balaban J connectivity index is 2.94. The summed E-state index contributed by atoms with van der Waals surface area (Å²) in [6.07, 6.45) is 0.919. The minimum absolute atomic E-state index is 0.206. The number of pyridine rings is 1. The summed E-state index contributed by atoms with van der Waals surface area (Å²) in [5.41, 5.74) is 0.206. The molecule has 0 unspecified atom stereocenters. The number of aromatic nitrogens is 1. The van der Waals surface area contributed by atoms with Crippen LogP contribution in [0.2, 0.25) is 5.15 Å². The van der Waals surface area contributed by atoms with Crippen LogP contribution in [0.15, 0.2) is 12.3 Å². The molecule has 0 bridgehead atoms. The summed E-state index contributed by atoms with van der Waals surface area (Å²) in [7, 11) is 2.62. The zero-order chi connectivity index (χ0) is 12.1. The molecule has 1 heterocycles. The maximum absolute atomic E-state index is 11.6. The molecule has 0 fully saturated rings. The summed E-state index contributed by atoms with van der Waals surface area (Å²) in [5.74, 6) is -0.747. The van der Waals surface area contributed by atoms with E-state index in [-0.39, 0.29) is 22.9 Å². The van der Waals surface area contributed by atoms with Crippen molar-refractivity contribution in [1.82, 2.24) is 4.98 Å². The smallest absolute Gasteiger partial charge is 0.313 e. The normalized spacial score (nSPS) is 9.69. The molecule has 0 aromatic carbocycles. The van der Waals surface area contributed by atoms with Gasteiger partial charge in [-0.3, -0.25) is 9.59 Å². The SMILES string of the molecule is COC(=O)CC(=O)c1cnc(Cl)cc1OC. The van der Waals surface area contributed by atoms with Crippen LogP contribution in [0.1, 0.15) is 16.8 Å².